The number of imidazole rings is 2. The van der Waals surface area contributed by atoms with Gasteiger partial charge in [0, 0.05) is 37.3 Å². The molecule has 2 aromatic carbocycles. The van der Waals surface area contributed by atoms with E-state index in [0.29, 0.717) is 82.0 Å². The van der Waals surface area contributed by atoms with Gasteiger partial charge >= 0.3 is 0 Å². The third-order valence-corrected chi connectivity index (χ3v) is 10.9. The van der Waals surface area contributed by atoms with Crippen LogP contribution in [0, 0.1) is 19.8 Å². The van der Waals surface area contributed by atoms with Gasteiger partial charge in [0.15, 0.2) is 0 Å². The van der Waals surface area contributed by atoms with Crippen molar-refractivity contribution in [3.8, 4) is 11.5 Å². The van der Waals surface area contributed by atoms with Gasteiger partial charge in [0.2, 0.25) is 23.7 Å². The number of rotatable bonds is 18. The van der Waals surface area contributed by atoms with Gasteiger partial charge in [-0.15, -0.1) is 12.4 Å². The highest BCUT2D eigenvalue weighted by Crippen LogP contribution is 2.33. The number of ether oxygens (including phenoxy) is 2. The van der Waals surface area contributed by atoms with Crippen molar-refractivity contribution in [2.75, 3.05) is 37.4 Å². The maximum absolute atomic E-state index is 13.8. The fourth-order valence-corrected chi connectivity index (χ4v) is 7.91. The molecular weight excluding hydrogens is 830 g/mol. The van der Waals surface area contributed by atoms with Crippen molar-refractivity contribution in [1.29, 1.82) is 0 Å². The average molecular weight is 884 g/mol. The number of nitrogens with one attached hydrogen (secondary N) is 3. The molecule has 20 heteroatoms. The summed E-state index contributed by atoms with van der Waals surface area (Å²) in [6, 6.07) is 9.67. The summed E-state index contributed by atoms with van der Waals surface area (Å²) < 4.78 is 18.9. The van der Waals surface area contributed by atoms with E-state index in [0.717, 1.165) is 38.8 Å². The molecule has 0 unspecified atom stereocenters. The van der Waals surface area contributed by atoms with Crippen molar-refractivity contribution in [2.24, 2.45) is 17.4 Å². The fraction of sp³-hybridized carbons (Fsp3) is 0.395. The number of carbonyl (C=O) groups is 4. The molecule has 1 fully saturated rings. The second kappa shape index (κ2) is 20.0. The number of hydrogen-bond donors (Lipinski definition) is 5. The van der Waals surface area contributed by atoms with Crippen LogP contribution in [0.2, 0.25) is 0 Å². The van der Waals surface area contributed by atoms with E-state index in [1.165, 1.54) is 13.2 Å². The van der Waals surface area contributed by atoms with Crippen LogP contribution >= 0.6 is 12.4 Å². The Morgan fingerprint density at radius 1 is 0.762 bits per heavy atom. The number of anilines is 2. The molecular formula is C43H54ClN13O6. The van der Waals surface area contributed by atoms with E-state index < -0.39 is 23.6 Å². The lowest BCUT2D eigenvalue weighted by atomic mass is 9.93. The summed E-state index contributed by atoms with van der Waals surface area (Å²) in [5.74, 6) is -0.398. The molecule has 0 radical (unpaired) electrons. The van der Waals surface area contributed by atoms with E-state index in [1.54, 1.807) is 48.8 Å². The SMILES string of the molecule is CCn1nc(C)cc1C(=O)Nc1nc2cc(C(N)=O)cc(OC)c2n1CC=CCn1c(NC(=O)c2cc(C)nn2CC)nc2cc(C(N)=O)cc(OCCCC3CCNCC3)c21.Cl. The number of aryl methyl sites for hydroxylation is 4. The lowest BCUT2D eigenvalue weighted by Gasteiger charge is -2.22. The van der Waals surface area contributed by atoms with E-state index >= 15 is 0 Å². The highest BCUT2D eigenvalue weighted by Gasteiger charge is 2.24. The molecule has 63 heavy (non-hydrogen) atoms. The van der Waals surface area contributed by atoms with Gasteiger partial charge < -0.3 is 35.4 Å². The first kappa shape index (κ1) is 45.8. The summed E-state index contributed by atoms with van der Waals surface area (Å²) in [6.07, 6.45) is 7.80. The maximum atomic E-state index is 13.8. The maximum Gasteiger partial charge on any atom is 0.276 e. The number of piperidine rings is 1. The van der Waals surface area contributed by atoms with Gasteiger partial charge in [-0.3, -0.25) is 39.2 Å². The molecule has 6 aromatic rings. The zero-order valence-electron chi connectivity index (χ0n) is 36.1. The Labute approximate surface area is 370 Å². The first-order valence-electron chi connectivity index (χ1n) is 20.8. The molecule has 1 aliphatic heterocycles. The second-order valence-corrected chi connectivity index (χ2v) is 15.2. The number of carbonyl (C=O) groups excluding carboxylic acids is 4. The molecule has 7 N–H and O–H groups in total. The Morgan fingerprint density at radius 3 is 1.70 bits per heavy atom. The number of benzene rings is 2. The molecule has 19 nitrogen and oxygen atoms in total. The topological polar surface area (TPSA) is 246 Å². The van der Waals surface area contributed by atoms with Gasteiger partial charge in [-0.25, -0.2) is 9.97 Å². The van der Waals surface area contributed by atoms with E-state index in [-0.39, 0.29) is 48.5 Å². The Morgan fingerprint density at radius 2 is 1.24 bits per heavy atom. The highest BCUT2D eigenvalue weighted by molar-refractivity contribution is 6.05. The van der Waals surface area contributed by atoms with E-state index in [4.69, 9.17) is 30.9 Å². The van der Waals surface area contributed by atoms with Crippen LogP contribution in [-0.2, 0) is 26.2 Å². The van der Waals surface area contributed by atoms with E-state index in [1.807, 2.05) is 39.8 Å². The number of fused-ring (bicyclic) bond motifs is 2. The minimum Gasteiger partial charge on any atom is -0.494 e. The number of allylic oxidation sites excluding steroid dienone is 2. The first-order valence-corrected chi connectivity index (χ1v) is 20.8. The molecule has 0 aliphatic carbocycles. The second-order valence-electron chi connectivity index (χ2n) is 15.2. The zero-order valence-corrected chi connectivity index (χ0v) is 36.9. The normalized spacial score (nSPS) is 13.1. The first-order chi connectivity index (χ1) is 29.9. The quantitative estimate of drug-likeness (QED) is 0.0569. The molecule has 0 saturated carbocycles. The van der Waals surface area contributed by atoms with Crippen molar-refractivity contribution >= 4 is 70.0 Å². The van der Waals surface area contributed by atoms with E-state index in [2.05, 4.69) is 26.1 Å². The van der Waals surface area contributed by atoms with Crippen molar-refractivity contribution in [3.63, 3.8) is 0 Å². The van der Waals surface area contributed by atoms with Gasteiger partial charge in [0.25, 0.3) is 11.8 Å². The monoisotopic (exact) mass is 883 g/mol. The Bertz CT molecular complexity index is 2690. The third kappa shape index (κ3) is 9.99. The molecule has 7 rings (SSSR count). The van der Waals surface area contributed by atoms with Crippen LogP contribution in [0.15, 0.2) is 48.6 Å². The van der Waals surface area contributed by atoms with E-state index in [9.17, 15) is 19.2 Å². The number of primary amides is 2. The summed E-state index contributed by atoms with van der Waals surface area (Å²) in [4.78, 5) is 61.8. The molecule has 334 valence electrons. The highest BCUT2D eigenvalue weighted by atomic mass is 35.5. The van der Waals surface area contributed by atoms with Crippen LogP contribution in [0.4, 0.5) is 11.9 Å². The number of methoxy groups -OCH3 is 1. The van der Waals surface area contributed by atoms with Crippen LogP contribution in [-0.4, -0.2) is 89.1 Å². The average Bonchev–Trinajstić information content (AvgIpc) is 4.03. The van der Waals surface area contributed by atoms with Crippen molar-refractivity contribution in [3.05, 3.63) is 82.5 Å². The van der Waals surface area contributed by atoms with Crippen molar-refractivity contribution in [2.45, 2.75) is 79.6 Å². The number of nitrogens with zero attached hydrogens (tertiary/aromatic N) is 8. The minimum absolute atomic E-state index is 0. The standard InChI is InChI=1S/C43H53N13O6.ClH/c1-6-55-32(19-25(3)51-55)40(59)49-42-47-30-21-28(38(44)57)23-34(61-5)36(30)53(42)16-8-9-17-54-37-31(48-43(54)50-41(60)33-20-26(4)52-56(33)7-2)22-29(39(45)58)24-35(37)62-18-10-11-27-12-14-46-15-13-27;/h8-9,19-24,27,46H,6-7,10-18H2,1-5H3,(H2,44,57)(H2,45,58)(H,47,49,59)(H,48,50,60);1H. The lowest BCUT2D eigenvalue weighted by Crippen LogP contribution is -2.27. The van der Waals surface area contributed by atoms with Crippen LogP contribution in [0.3, 0.4) is 0 Å². The fourth-order valence-electron chi connectivity index (χ4n) is 7.91. The molecule has 1 saturated heterocycles. The predicted molar refractivity (Wildman–Crippen MR) is 241 cm³/mol. The van der Waals surface area contributed by atoms with Gasteiger partial charge in [0.1, 0.15) is 33.9 Å². The van der Waals surface area contributed by atoms with Crippen LogP contribution in [0.5, 0.6) is 11.5 Å². The van der Waals surface area contributed by atoms with Crippen molar-refractivity contribution in [1.82, 2.24) is 44.0 Å². The molecule has 0 spiro atoms. The summed E-state index contributed by atoms with van der Waals surface area (Å²) >= 11 is 0. The molecule has 4 amide bonds. The Balaban J connectivity index is 0.00000661. The largest absolute Gasteiger partial charge is 0.494 e. The smallest absolute Gasteiger partial charge is 0.276 e. The van der Waals surface area contributed by atoms with Crippen LogP contribution in [0.1, 0.15) is 92.6 Å². The van der Waals surface area contributed by atoms with Crippen LogP contribution < -0.4 is 36.9 Å². The lowest BCUT2D eigenvalue weighted by molar-refractivity contribution is 0.0991. The zero-order chi connectivity index (χ0) is 44.1. The molecule has 1 aliphatic rings. The summed E-state index contributed by atoms with van der Waals surface area (Å²) in [7, 11) is 1.47. The Kier molecular flexibility index (Phi) is 14.5. The summed E-state index contributed by atoms with van der Waals surface area (Å²) in [5, 5.41) is 18.1. The number of amides is 4. The summed E-state index contributed by atoms with van der Waals surface area (Å²) in [5.41, 5.74) is 15.8. The minimum atomic E-state index is -0.662. The summed E-state index contributed by atoms with van der Waals surface area (Å²) in [6.45, 7) is 11.2. The van der Waals surface area contributed by atoms with Crippen LogP contribution in [0.25, 0.3) is 22.1 Å². The number of aromatic nitrogens is 8. The molecule has 0 bridgehead atoms. The molecule has 4 aromatic heterocycles. The molecule has 5 heterocycles. The number of halogens is 1. The molecule has 0 atom stereocenters. The van der Waals surface area contributed by atoms with Gasteiger partial charge in [-0.2, -0.15) is 10.2 Å². The van der Waals surface area contributed by atoms with Gasteiger partial charge in [0.05, 0.1) is 36.1 Å². The number of nitrogens with two attached hydrogens (primary N) is 2. The number of hydrogen-bond acceptors (Lipinski definition) is 11. The van der Waals surface area contributed by atoms with Gasteiger partial charge in [-0.1, -0.05) is 12.2 Å². The van der Waals surface area contributed by atoms with Gasteiger partial charge in [-0.05, 0) is 109 Å². The predicted octanol–water partition coefficient (Wildman–Crippen LogP) is 4.98. The van der Waals surface area contributed by atoms with Crippen molar-refractivity contribution < 1.29 is 28.7 Å². The third-order valence-electron chi connectivity index (χ3n) is 10.9. The Hall–Kier alpha value is -6.73.